The van der Waals surface area contributed by atoms with E-state index in [2.05, 4.69) is 27.9 Å². The Balaban J connectivity index is 3.27. The Bertz CT molecular complexity index is 93.1. The van der Waals surface area contributed by atoms with Gasteiger partial charge in [-0.3, -0.25) is 0 Å². The molecule has 0 saturated carbocycles. The Hall–Kier alpha value is -1.19. The van der Waals surface area contributed by atoms with Crippen LogP contribution in [0.2, 0.25) is 0 Å². The lowest BCUT2D eigenvalue weighted by molar-refractivity contribution is 1.26. The molecule has 0 rings (SSSR count). The number of nitrogens with zero attached hydrogens (tertiary/aromatic N) is 3. The van der Waals surface area contributed by atoms with Crippen LogP contribution in [0.25, 0.3) is 0 Å². The van der Waals surface area contributed by atoms with E-state index in [4.69, 9.17) is 0 Å². The van der Waals surface area contributed by atoms with Crippen molar-refractivity contribution < 1.29 is 0 Å². The Morgan fingerprint density at radius 1 is 1.43 bits per heavy atom. The van der Waals surface area contributed by atoms with Crippen LogP contribution in [0.5, 0.6) is 0 Å². The van der Waals surface area contributed by atoms with Crippen molar-refractivity contribution in [3.8, 4) is 0 Å². The van der Waals surface area contributed by atoms with Crippen LogP contribution in [0.15, 0.2) is 15.3 Å². The summed E-state index contributed by atoms with van der Waals surface area (Å²) in [5.74, 6) is 4.69. The third-order valence-electron chi connectivity index (χ3n) is 0.301. The summed E-state index contributed by atoms with van der Waals surface area (Å²) in [5, 5.41) is 9.58. The lowest BCUT2D eigenvalue weighted by Gasteiger charge is -1.66. The molecule has 7 heavy (non-hydrogen) atoms. The highest BCUT2D eigenvalue weighted by Crippen LogP contribution is 1.56. The van der Waals surface area contributed by atoms with Crippen molar-refractivity contribution >= 4 is 19.1 Å². The zero-order valence-electron chi connectivity index (χ0n) is 3.78. The van der Waals surface area contributed by atoms with E-state index in [0.717, 1.165) is 0 Å². The van der Waals surface area contributed by atoms with Gasteiger partial charge >= 0.3 is 0 Å². The first-order valence-corrected chi connectivity index (χ1v) is 1.62. The molecule has 2 N–H and O–H groups in total. The van der Waals surface area contributed by atoms with Crippen LogP contribution in [0, 0.1) is 0 Å². The molecule has 0 aliphatic rings. The van der Waals surface area contributed by atoms with E-state index in [9.17, 15) is 0 Å². The van der Waals surface area contributed by atoms with Crippen LogP contribution in [0.3, 0.4) is 0 Å². The van der Waals surface area contributed by atoms with Crippen molar-refractivity contribution in [3.63, 3.8) is 0 Å². The number of nitrogens with two attached hydrogens (primary N) is 1. The molecular formula is C3H6N4. The first-order chi connectivity index (χ1) is 3.41. The van der Waals surface area contributed by atoms with Gasteiger partial charge < -0.3 is 5.84 Å². The van der Waals surface area contributed by atoms with Crippen LogP contribution in [-0.2, 0) is 0 Å². The predicted octanol–water partition coefficient (Wildman–Crippen LogP) is -0.383. The molecule has 4 heteroatoms. The highest BCUT2D eigenvalue weighted by atomic mass is 15.2. The third kappa shape index (κ3) is 4.81. The third-order valence-corrected chi connectivity index (χ3v) is 0.301. The van der Waals surface area contributed by atoms with Crippen LogP contribution in [0.4, 0.5) is 0 Å². The molecule has 0 radical (unpaired) electrons. The standard InChI is InChI=1S/C3H6N4/c1-5-7-3-2-6-4/h2-3H,1,4H2/b6-2-,7-3-. The first kappa shape index (κ1) is 5.81. The molecule has 0 aliphatic heterocycles. The lowest BCUT2D eigenvalue weighted by atomic mass is 10.8. The molecule has 0 fully saturated rings. The SMILES string of the molecule is C=N/N=C\C=N/N. The fraction of sp³-hybridized carbons (Fsp3) is 0. The van der Waals surface area contributed by atoms with Gasteiger partial charge in [0, 0.05) is 6.72 Å². The normalized spacial score (nSPS) is 10.9. The van der Waals surface area contributed by atoms with Crippen molar-refractivity contribution in [2.45, 2.75) is 0 Å². The minimum Gasteiger partial charge on any atom is -0.323 e. The number of hydrazone groups is 1. The summed E-state index contributed by atoms with van der Waals surface area (Å²) in [5.41, 5.74) is 0. The second kappa shape index (κ2) is 4.81. The van der Waals surface area contributed by atoms with Gasteiger partial charge in [0.2, 0.25) is 0 Å². The van der Waals surface area contributed by atoms with Gasteiger partial charge in [-0.2, -0.15) is 15.3 Å². The maximum Gasteiger partial charge on any atom is 0.0696 e. The molecule has 4 nitrogen and oxygen atoms in total. The van der Waals surface area contributed by atoms with Crippen molar-refractivity contribution in [1.29, 1.82) is 0 Å². The van der Waals surface area contributed by atoms with E-state index < -0.39 is 0 Å². The molecule has 0 aromatic carbocycles. The minimum atomic E-state index is 1.31. The van der Waals surface area contributed by atoms with Crippen molar-refractivity contribution in [2.24, 2.45) is 21.1 Å². The highest BCUT2D eigenvalue weighted by Gasteiger charge is 1.54. The van der Waals surface area contributed by atoms with Gasteiger partial charge in [-0.05, 0) is 0 Å². The molecule has 0 bridgehead atoms. The molecule has 38 valence electrons. The van der Waals surface area contributed by atoms with Gasteiger partial charge in [0.25, 0.3) is 0 Å². The lowest BCUT2D eigenvalue weighted by Crippen LogP contribution is -1.81. The van der Waals surface area contributed by atoms with Gasteiger partial charge in [-0.15, -0.1) is 0 Å². The number of hydrogen-bond acceptors (Lipinski definition) is 4. The maximum absolute atomic E-state index is 4.69. The van der Waals surface area contributed by atoms with Gasteiger partial charge in [-0.25, -0.2) is 0 Å². The largest absolute Gasteiger partial charge is 0.323 e. The molecule has 0 saturated heterocycles. The molecule has 0 amide bonds. The fourth-order valence-electron chi connectivity index (χ4n) is 0.115. The van der Waals surface area contributed by atoms with E-state index in [0.29, 0.717) is 0 Å². The molecular weight excluding hydrogens is 92.1 g/mol. The van der Waals surface area contributed by atoms with E-state index in [-0.39, 0.29) is 0 Å². The van der Waals surface area contributed by atoms with Crippen molar-refractivity contribution in [3.05, 3.63) is 0 Å². The summed E-state index contributed by atoms with van der Waals surface area (Å²) in [6, 6.07) is 0. The summed E-state index contributed by atoms with van der Waals surface area (Å²) < 4.78 is 0. The second-order valence-corrected chi connectivity index (χ2v) is 0.704. The Morgan fingerprint density at radius 3 is 2.57 bits per heavy atom. The Labute approximate surface area is 41.4 Å². The van der Waals surface area contributed by atoms with E-state index in [1.54, 1.807) is 0 Å². The maximum atomic E-state index is 4.69. The van der Waals surface area contributed by atoms with E-state index in [1.165, 1.54) is 12.4 Å². The topological polar surface area (TPSA) is 63.1 Å². The second-order valence-electron chi connectivity index (χ2n) is 0.704. The minimum absolute atomic E-state index is 1.31. The van der Waals surface area contributed by atoms with Crippen LogP contribution in [-0.4, -0.2) is 19.1 Å². The fourth-order valence-corrected chi connectivity index (χ4v) is 0.115. The Kier molecular flexibility index (Phi) is 3.99. The number of hydrogen-bond donors (Lipinski definition) is 1. The summed E-state index contributed by atoms with van der Waals surface area (Å²) in [6.45, 7) is 3.08. The zero-order chi connectivity index (χ0) is 5.54. The summed E-state index contributed by atoms with van der Waals surface area (Å²) in [6.07, 6.45) is 2.65. The van der Waals surface area contributed by atoms with Crippen LogP contribution < -0.4 is 5.84 Å². The van der Waals surface area contributed by atoms with Crippen LogP contribution >= 0.6 is 0 Å². The summed E-state index contributed by atoms with van der Waals surface area (Å²) in [7, 11) is 0. The predicted molar refractivity (Wildman–Crippen MR) is 30.7 cm³/mol. The average Bonchev–Trinajstić information content (AvgIpc) is 1.69. The van der Waals surface area contributed by atoms with Gasteiger partial charge in [0.1, 0.15) is 0 Å². The van der Waals surface area contributed by atoms with E-state index >= 15 is 0 Å². The summed E-state index contributed by atoms with van der Waals surface area (Å²) in [4.78, 5) is 0. The molecule has 0 atom stereocenters. The quantitative estimate of drug-likeness (QED) is 0.285. The summed E-state index contributed by atoms with van der Waals surface area (Å²) >= 11 is 0. The Morgan fingerprint density at radius 2 is 2.14 bits per heavy atom. The van der Waals surface area contributed by atoms with Crippen LogP contribution in [0.1, 0.15) is 0 Å². The smallest absolute Gasteiger partial charge is 0.0696 e. The van der Waals surface area contributed by atoms with Gasteiger partial charge in [0.15, 0.2) is 0 Å². The molecule has 0 aromatic heterocycles. The zero-order valence-corrected chi connectivity index (χ0v) is 3.78. The van der Waals surface area contributed by atoms with Gasteiger partial charge in [0.05, 0.1) is 12.4 Å². The van der Waals surface area contributed by atoms with Crippen molar-refractivity contribution in [2.75, 3.05) is 0 Å². The average molecular weight is 98.1 g/mol. The highest BCUT2D eigenvalue weighted by molar-refractivity contribution is 6.15. The number of rotatable bonds is 2. The first-order valence-electron chi connectivity index (χ1n) is 1.62. The van der Waals surface area contributed by atoms with Gasteiger partial charge in [-0.1, -0.05) is 0 Å². The van der Waals surface area contributed by atoms with Crippen molar-refractivity contribution in [1.82, 2.24) is 0 Å². The molecule has 0 aliphatic carbocycles. The molecule has 0 spiro atoms. The van der Waals surface area contributed by atoms with E-state index in [1.807, 2.05) is 0 Å². The molecule has 0 aromatic rings. The molecule has 0 unspecified atom stereocenters. The molecule has 0 heterocycles. The monoisotopic (exact) mass is 98.1 g/mol.